The Balaban J connectivity index is 1.75. The summed E-state index contributed by atoms with van der Waals surface area (Å²) in [5.41, 5.74) is 5.78. The Bertz CT molecular complexity index is 264. The van der Waals surface area contributed by atoms with Crippen LogP contribution in [0, 0.1) is 5.92 Å². The molecule has 4 N–H and O–H groups in total. The third-order valence-electron chi connectivity index (χ3n) is 4.47. The third-order valence-corrected chi connectivity index (χ3v) is 4.47. The highest BCUT2D eigenvalue weighted by molar-refractivity contribution is 5.74. The van der Waals surface area contributed by atoms with Gasteiger partial charge in [0.15, 0.2) is 0 Å². The molecule has 2 amide bonds. The Hall–Kier alpha value is -0.770. The zero-order valence-corrected chi connectivity index (χ0v) is 11.3. The molecule has 2 aliphatic rings. The molecule has 2 rings (SSSR count). The number of nitrogens with one attached hydrogen (secondary N) is 2. The molecular formula is C14H27N3O. The van der Waals surface area contributed by atoms with Crippen LogP contribution in [0.1, 0.15) is 57.8 Å². The molecule has 0 heterocycles. The molecule has 0 aromatic carbocycles. The largest absolute Gasteiger partial charge is 0.335 e. The maximum Gasteiger partial charge on any atom is 0.315 e. The van der Waals surface area contributed by atoms with Gasteiger partial charge in [0.2, 0.25) is 0 Å². The SMILES string of the molecule is NCC1CCCCC1NC(=O)NC1CCCCC1. The van der Waals surface area contributed by atoms with Crippen molar-refractivity contribution in [2.24, 2.45) is 11.7 Å². The van der Waals surface area contributed by atoms with E-state index in [-0.39, 0.29) is 12.1 Å². The molecule has 0 saturated heterocycles. The van der Waals surface area contributed by atoms with E-state index < -0.39 is 0 Å². The molecule has 4 heteroatoms. The summed E-state index contributed by atoms with van der Waals surface area (Å²) in [6, 6.07) is 0.693. The van der Waals surface area contributed by atoms with E-state index in [2.05, 4.69) is 10.6 Å². The molecule has 0 radical (unpaired) electrons. The van der Waals surface area contributed by atoms with Crippen molar-refractivity contribution in [3.05, 3.63) is 0 Å². The van der Waals surface area contributed by atoms with Gasteiger partial charge in [-0.3, -0.25) is 0 Å². The molecule has 2 aliphatic carbocycles. The summed E-state index contributed by atoms with van der Waals surface area (Å²) in [6.45, 7) is 0.689. The summed E-state index contributed by atoms with van der Waals surface area (Å²) in [5.74, 6) is 0.468. The van der Waals surface area contributed by atoms with E-state index in [4.69, 9.17) is 5.73 Å². The highest BCUT2D eigenvalue weighted by atomic mass is 16.2. The highest BCUT2D eigenvalue weighted by Crippen LogP contribution is 2.23. The first-order chi connectivity index (χ1) is 8.79. The third kappa shape index (κ3) is 3.87. The van der Waals surface area contributed by atoms with Crippen molar-refractivity contribution in [2.75, 3.05) is 6.54 Å². The summed E-state index contributed by atoms with van der Waals surface area (Å²) in [7, 11) is 0. The van der Waals surface area contributed by atoms with E-state index in [0.717, 1.165) is 25.7 Å². The van der Waals surface area contributed by atoms with Crippen molar-refractivity contribution in [1.29, 1.82) is 0 Å². The van der Waals surface area contributed by atoms with Crippen LogP contribution in [0.5, 0.6) is 0 Å². The van der Waals surface area contributed by atoms with Crippen LogP contribution in [0.15, 0.2) is 0 Å². The molecule has 0 aromatic heterocycles. The van der Waals surface area contributed by atoms with E-state index in [1.54, 1.807) is 0 Å². The minimum Gasteiger partial charge on any atom is -0.335 e. The maximum absolute atomic E-state index is 12.0. The second-order valence-corrected chi connectivity index (χ2v) is 5.84. The van der Waals surface area contributed by atoms with E-state index >= 15 is 0 Å². The molecule has 4 nitrogen and oxygen atoms in total. The fourth-order valence-electron chi connectivity index (χ4n) is 3.32. The fourth-order valence-corrected chi connectivity index (χ4v) is 3.32. The molecule has 2 fully saturated rings. The Morgan fingerprint density at radius 1 is 0.944 bits per heavy atom. The Kier molecular flexibility index (Phi) is 5.29. The molecule has 18 heavy (non-hydrogen) atoms. The molecule has 0 aromatic rings. The fraction of sp³-hybridized carbons (Fsp3) is 0.929. The second-order valence-electron chi connectivity index (χ2n) is 5.84. The number of nitrogens with two attached hydrogens (primary N) is 1. The van der Waals surface area contributed by atoms with Gasteiger partial charge in [-0.15, -0.1) is 0 Å². The number of carbonyl (C=O) groups excluding carboxylic acids is 1. The molecule has 2 unspecified atom stereocenters. The van der Waals surface area contributed by atoms with Gasteiger partial charge in [-0.05, 0) is 38.1 Å². The van der Waals surface area contributed by atoms with Gasteiger partial charge in [0.25, 0.3) is 0 Å². The lowest BCUT2D eigenvalue weighted by Crippen LogP contribution is -2.51. The van der Waals surface area contributed by atoms with Crippen LogP contribution in [0.2, 0.25) is 0 Å². The van der Waals surface area contributed by atoms with Gasteiger partial charge in [0, 0.05) is 12.1 Å². The molecule has 0 aliphatic heterocycles. The summed E-state index contributed by atoms with van der Waals surface area (Å²) in [4.78, 5) is 12.0. The van der Waals surface area contributed by atoms with Crippen LogP contribution in [0.3, 0.4) is 0 Å². The Labute approximate surface area is 110 Å². The maximum atomic E-state index is 12.0. The predicted octanol–water partition coefficient (Wildman–Crippen LogP) is 2.14. The lowest BCUT2D eigenvalue weighted by atomic mass is 9.84. The number of hydrogen-bond acceptors (Lipinski definition) is 2. The number of urea groups is 1. The molecular weight excluding hydrogens is 226 g/mol. The van der Waals surface area contributed by atoms with E-state index in [1.165, 1.54) is 32.1 Å². The molecule has 2 atom stereocenters. The molecule has 2 saturated carbocycles. The average molecular weight is 253 g/mol. The zero-order valence-electron chi connectivity index (χ0n) is 11.3. The number of amides is 2. The first-order valence-electron chi connectivity index (χ1n) is 7.56. The van der Waals surface area contributed by atoms with Crippen LogP contribution < -0.4 is 16.4 Å². The van der Waals surface area contributed by atoms with Crippen LogP contribution in [-0.2, 0) is 0 Å². The van der Waals surface area contributed by atoms with Crippen LogP contribution in [0.25, 0.3) is 0 Å². The smallest absolute Gasteiger partial charge is 0.315 e. The van der Waals surface area contributed by atoms with Crippen molar-refractivity contribution in [3.8, 4) is 0 Å². The number of rotatable bonds is 3. The standard InChI is InChI=1S/C14H27N3O/c15-10-11-6-4-5-9-13(11)17-14(18)16-12-7-2-1-3-8-12/h11-13H,1-10,15H2,(H2,16,17,18). The van der Waals surface area contributed by atoms with E-state index in [0.29, 0.717) is 18.5 Å². The number of hydrogen-bond donors (Lipinski definition) is 3. The van der Waals surface area contributed by atoms with Crippen molar-refractivity contribution in [1.82, 2.24) is 10.6 Å². The number of carbonyl (C=O) groups is 1. The normalized spacial score (nSPS) is 29.8. The second kappa shape index (κ2) is 6.98. The van der Waals surface area contributed by atoms with Gasteiger partial charge < -0.3 is 16.4 Å². The lowest BCUT2D eigenvalue weighted by molar-refractivity contribution is 0.212. The van der Waals surface area contributed by atoms with Gasteiger partial charge in [0.1, 0.15) is 0 Å². The molecule has 0 spiro atoms. The van der Waals surface area contributed by atoms with Gasteiger partial charge in [-0.25, -0.2) is 4.79 Å². The van der Waals surface area contributed by atoms with Gasteiger partial charge in [-0.1, -0.05) is 32.1 Å². The first-order valence-corrected chi connectivity index (χ1v) is 7.56. The van der Waals surface area contributed by atoms with Gasteiger partial charge in [0.05, 0.1) is 0 Å². The van der Waals surface area contributed by atoms with Gasteiger partial charge >= 0.3 is 6.03 Å². The van der Waals surface area contributed by atoms with Crippen molar-refractivity contribution < 1.29 is 4.79 Å². The van der Waals surface area contributed by atoms with Crippen molar-refractivity contribution >= 4 is 6.03 Å². The quantitative estimate of drug-likeness (QED) is 0.721. The monoisotopic (exact) mass is 253 g/mol. The van der Waals surface area contributed by atoms with E-state index in [1.807, 2.05) is 0 Å². The van der Waals surface area contributed by atoms with Crippen LogP contribution in [0.4, 0.5) is 4.79 Å². The minimum absolute atomic E-state index is 0.0206. The van der Waals surface area contributed by atoms with E-state index in [9.17, 15) is 4.79 Å². The zero-order chi connectivity index (χ0) is 12.8. The predicted molar refractivity (Wildman–Crippen MR) is 73.3 cm³/mol. The summed E-state index contributed by atoms with van der Waals surface area (Å²) in [5, 5.41) is 6.26. The van der Waals surface area contributed by atoms with Crippen molar-refractivity contribution in [2.45, 2.75) is 69.9 Å². The average Bonchev–Trinajstić information content (AvgIpc) is 2.40. The topological polar surface area (TPSA) is 67.1 Å². The summed E-state index contributed by atoms with van der Waals surface area (Å²) >= 11 is 0. The highest BCUT2D eigenvalue weighted by Gasteiger charge is 2.26. The van der Waals surface area contributed by atoms with Crippen LogP contribution >= 0.6 is 0 Å². The summed E-state index contributed by atoms with van der Waals surface area (Å²) < 4.78 is 0. The minimum atomic E-state index is 0.0206. The lowest BCUT2D eigenvalue weighted by Gasteiger charge is -2.32. The molecule has 104 valence electrons. The Morgan fingerprint density at radius 3 is 2.33 bits per heavy atom. The molecule has 0 bridgehead atoms. The van der Waals surface area contributed by atoms with Crippen molar-refractivity contribution in [3.63, 3.8) is 0 Å². The van der Waals surface area contributed by atoms with Gasteiger partial charge in [-0.2, -0.15) is 0 Å². The summed E-state index contributed by atoms with van der Waals surface area (Å²) in [6.07, 6.45) is 10.8. The Morgan fingerprint density at radius 2 is 1.61 bits per heavy atom. The van der Waals surface area contributed by atoms with Crippen LogP contribution in [-0.4, -0.2) is 24.7 Å². The first kappa shape index (κ1) is 13.7.